The Morgan fingerprint density at radius 2 is 2.17 bits per heavy atom. The Hall–Kier alpha value is -2.58. The SMILES string of the molecule is CCC(C(=O)O)n1cc(/C=C(\C#N)C(=O)Cl)c2cc(C)ccc21. The smallest absolute Gasteiger partial charge is 0.326 e. The van der Waals surface area contributed by atoms with Crippen molar-refractivity contribution in [1.82, 2.24) is 4.57 Å². The van der Waals surface area contributed by atoms with Crippen molar-refractivity contribution in [3.05, 3.63) is 41.1 Å². The fraction of sp³-hybridized carbons (Fsp3) is 0.235. The molecule has 0 bridgehead atoms. The number of halogens is 1. The van der Waals surface area contributed by atoms with Gasteiger partial charge in [0.05, 0.1) is 0 Å². The number of hydrogen-bond donors (Lipinski definition) is 1. The van der Waals surface area contributed by atoms with E-state index in [4.69, 9.17) is 16.9 Å². The van der Waals surface area contributed by atoms with Gasteiger partial charge in [-0.3, -0.25) is 4.79 Å². The van der Waals surface area contributed by atoms with Gasteiger partial charge in [0.15, 0.2) is 0 Å². The molecule has 1 heterocycles. The van der Waals surface area contributed by atoms with Crippen molar-refractivity contribution in [3.8, 4) is 6.07 Å². The van der Waals surface area contributed by atoms with Crippen molar-refractivity contribution in [2.24, 2.45) is 0 Å². The molecule has 1 aromatic carbocycles. The number of allylic oxidation sites excluding steroid dienone is 1. The number of hydrogen-bond acceptors (Lipinski definition) is 3. The fourth-order valence-electron chi connectivity index (χ4n) is 2.55. The van der Waals surface area contributed by atoms with Gasteiger partial charge in [0, 0.05) is 22.7 Å². The minimum Gasteiger partial charge on any atom is -0.480 e. The third-order valence-corrected chi connectivity index (χ3v) is 3.86. The Labute approximate surface area is 138 Å². The summed E-state index contributed by atoms with van der Waals surface area (Å²) in [6.45, 7) is 3.70. The lowest BCUT2D eigenvalue weighted by molar-refractivity contribution is -0.140. The van der Waals surface area contributed by atoms with E-state index in [-0.39, 0.29) is 5.57 Å². The average molecular weight is 331 g/mol. The molecule has 1 atom stereocenters. The Morgan fingerprint density at radius 3 is 2.70 bits per heavy atom. The van der Waals surface area contributed by atoms with Gasteiger partial charge in [0.2, 0.25) is 0 Å². The number of nitriles is 1. The van der Waals surface area contributed by atoms with Crippen LogP contribution in [0.15, 0.2) is 30.0 Å². The quantitative estimate of drug-likeness (QED) is 0.515. The maximum Gasteiger partial charge on any atom is 0.326 e. The van der Waals surface area contributed by atoms with Gasteiger partial charge in [0.25, 0.3) is 5.24 Å². The molecule has 2 aromatic rings. The van der Waals surface area contributed by atoms with E-state index >= 15 is 0 Å². The Balaban J connectivity index is 2.76. The van der Waals surface area contributed by atoms with Crippen molar-refractivity contribution in [1.29, 1.82) is 5.26 Å². The highest BCUT2D eigenvalue weighted by Gasteiger charge is 2.21. The zero-order chi connectivity index (χ0) is 17.1. The van der Waals surface area contributed by atoms with E-state index in [0.29, 0.717) is 12.0 Å². The van der Waals surface area contributed by atoms with E-state index in [0.717, 1.165) is 16.5 Å². The molecular weight excluding hydrogens is 316 g/mol. The van der Waals surface area contributed by atoms with E-state index in [9.17, 15) is 14.7 Å². The van der Waals surface area contributed by atoms with Gasteiger partial charge in [-0.25, -0.2) is 4.79 Å². The molecule has 0 fully saturated rings. The van der Waals surface area contributed by atoms with Crippen molar-refractivity contribution in [2.45, 2.75) is 26.3 Å². The molecule has 0 spiro atoms. The van der Waals surface area contributed by atoms with Gasteiger partial charge in [-0.2, -0.15) is 5.26 Å². The maximum absolute atomic E-state index is 11.5. The van der Waals surface area contributed by atoms with Crippen molar-refractivity contribution < 1.29 is 14.7 Å². The molecule has 0 saturated carbocycles. The molecule has 0 aliphatic heterocycles. The first-order valence-electron chi connectivity index (χ1n) is 7.04. The van der Waals surface area contributed by atoms with Gasteiger partial charge < -0.3 is 9.67 Å². The third-order valence-electron chi connectivity index (χ3n) is 3.66. The fourth-order valence-corrected chi connectivity index (χ4v) is 2.64. The number of carbonyl (C=O) groups excluding carboxylic acids is 1. The van der Waals surface area contributed by atoms with Crippen LogP contribution in [0.3, 0.4) is 0 Å². The second kappa shape index (κ2) is 6.67. The second-order valence-corrected chi connectivity index (χ2v) is 5.56. The topological polar surface area (TPSA) is 83.1 Å². The zero-order valence-corrected chi connectivity index (χ0v) is 13.5. The van der Waals surface area contributed by atoms with Crippen LogP contribution in [0.4, 0.5) is 0 Å². The Morgan fingerprint density at radius 1 is 1.48 bits per heavy atom. The van der Waals surface area contributed by atoms with Crippen LogP contribution in [0.2, 0.25) is 0 Å². The molecule has 1 unspecified atom stereocenters. The highest BCUT2D eigenvalue weighted by molar-refractivity contribution is 6.68. The third kappa shape index (κ3) is 3.27. The Bertz CT molecular complexity index is 859. The predicted octanol–water partition coefficient (Wildman–Crippen LogP) is 3.66. The molecule has 0 radical (unpaired) electrons. The lowest BCUT2D eigenvalue weighted by Crippen LogP contribution is -2.17. The standard InChI is InChI=1S/C17H15ClN2O3/c1-3-14(17(22)23)20-9-12(7-11(8-19)16(18)21)13-6-10(2)4-5-15(13)20/h4-7,9,14H,3H2,1-2H3,(H,22,23)/b11-7+. The predicted molar refractivity (Wildman–Crippen MR) is 88.1 cm³/mol. The Kier molecular flexibility index (Phi) is 4.87. The highest BCUT2D eigenvalue weighted by Crippen LogP contribution is 2.29. The molecule has 6 heteroatoms. The largest absolute Gasteiger partial charge is 0.480 e. The van der Waals surface area contributed by atoms with Crippen molar-refractivity contribution in [3.63, 3.8) is 0 Å². The number of aryl methyl sites for hydroxylation is 1. The highest BCUT2D eigenvalue weighted by atomic mass is 35.5. The van der Waals surface area contributed by atoms with Crippen molar-refractivity contribution >= 4 is 39.8 Å². The van der Waals surface area contributed by atoms with E-state index in [1.807, 2.05) is 25.1 Å². The number of fused-ring (bicyclic) bond motifs is 1. The number of aromatic nitrogens is 1. The van der Waals surface area contributed by atoms with Crippen LogP contribution >= 0.6 is 11.6 Å². The summed E-state index contributed by atoms with van der Waals surface area (Å²) in [7, 11) is 0. The van der Waals surface area contributed by atoms with Crippen LogP contribution in [0.1, 0.15) is 30.5 Å². The van der Waals surface area contributed by atoms with Crippen LogP contribution < -0.4 is 0 Å². The van der Waals surface area contributed by atoms with E-state index in [2.05, 4.69) is 0 Å². The first-order chi connectivity index (χ1) is 10.9. The van der Waals surface area contributed by atoms with E-state index in [1.54, 1.807) is 23.8 Å². The molecular formula is C17H15ClN2O3. The maximum atomic E-state index is 11.5. The molecule has 2 rings (SSSR count). The van der Waals surface area contributed by atoms with Gasteiger partial charge >= 0.3 is 5.97 Å². The number of rotatable bonds is 5. The average Bonchev–Trinajstić information content (AvgIpc) is 2.82. The molecule has 1 N–H and O–H groups in total. The van der Waals surface area contributed by atoms with Crippen LogP contribution in [0, 0.1) is 18.3 Å². The number of carboxylic acid groups (broad SMARTS) is 1. The molecule has 0 aliphatic rings. The monoisotopic (exact) mass is 330 g/mol. The van der Waals surface area contributed by atoms with Gasteiger partial charge in [-0.15, -0.1) is 0 Å². The molecule has 118 valence electrons. The normalized spacial score (nSPS) is 12.9. The van der Waals surface area contributed by atoms with Gasteiger partial charge in [0.1, 0.15) is 17.7 Å². The van der Waals surface area contributed by atoms with Gasteiger partial charge in [-0.05, 0) is 43.2 Å². The lowest BCUT2D eigenvalue weighted by atomic mass is 10.1. The summed E-state index contributed by atoms with van der Waals surface area (Å²) in [5.41, 5.74) is 2.13. The summed E-state index contributed by atoms with van der Waals surface area (Å²) in [5.74, 6) is -0.936. The summed E-state index contributed by atoms with van der Waals surface area (Å²) < 4.78 is 1.65. The molecule has 0 aliphatic carbocycles. The second-order valence-electron chi connectivity index (χ2n) is 5.22. The minimum atomic E-state index is -0.936. The number of carboxylic acids is 1. The summed E-state index contributed by atoms with van der Waals surface area (Å²) in [5, 5.41) is 18.3. The van der Waals surface area contributed by atoms with Crippen LogP contribution in [0.25, 0.3) is 17.0 Å². The first-order valence-corrected chi connectivity index (χ1v) is 7.42. The minimum absolute atomic E-state index is 0.185. The van der Waals surface area contributed by atoms with E-state index in [1.165, 1.54) is 6.08 Å². The number of benzene rings is 1. The van der Waals surface area contributed by atoms with Crippen molar-refractivity contribution in [2.75, 3.05) is 0 Å². The van der Waals surface area contributed by atoms with Gasteiger partial charge in [-0.1, -0.05) is 18.6 Å². The van der Waals surface area contributed by atoms with E-state index < -0.39 is 17.3 Å². The number of aliphatic carboxylic acids is 1. The van der Waals surface area contributed by atoms with Crippen LogP contribution in [-0.4, -0.2) is 20.9 Å². The molecule has 1 aromatic heterocycles. The van der Waals surface area contributed by atoms with Crippen LogP contribution in [-0.2, 0) is 9.59 Å². The molecule has 0 saturated heterocycles. The summed E-state index contributed by atoms with van der Waals surface area (Å²) in [6, 6.07) is 6.65. The summed E-state index contributed by atoms with van der Waals surface area (Å²) in [4.78, 5) is 22.7. The molecule has 0 amide bonds. The zero-order valence-electron chi connectivity index (χ0n) is 12.7. The van der Waals surface area contributed by atoms with Crippen LogP contribution in [0.5, 0.6) is 0 Å². The molecule has 23 heavy (non-hydrogen) atoms. The first kappa shape index (κ1) is 16.8. The lowest BCUT2D eigenvalue weighted by Gasteiger charge is -2.13. The summed E-state index contributed by atoms with van der Waals surface area (Å²) in [6.07, 6.45) is 3.45. The summed E-state index contributed by atoms with van der Waals surface area (Å²) >= 11 is 5.39. The number of nitrogens with zero attached hydrogens (tertiary/aromatic N) is 2. The number of carbonyl (C=O) groups is 2. The molecule has 5 nitrogen and oxygen atoms in total.